The summed E-state index contributed by atoms with van der Waals surface area (Å²) in [6.07, 6.45) is -2.72. The van der Waals surface area contributed by atoms with Crippen molar-refractivity contribution in [3.63, 3.8) is 0 Å². The summed E-state index contributed by atoms with van der Waals surface area (Å²) in [5.74, 6) is -5.28. The minimum atomic E-state index is -4.26. The van der Waals surface area contributed by atoms with Crippen LogP contribution in [0.3, 0.4) is 0 Å². The van der Waals surface area contributed by atoms with E-state index in [1.54, 1.807) is 0 Å². The number of carbonyl (C=O) groups excluding carboxylic acids is 1. The predicted molar refractivity (Wildman–Crippen MR) is 98.0 cm³/mol. The first kappa shape index (κ1) is 22.4. The normalized spacial score (nSPS) is 24.7. The number of aromatic nitrogens is 1. The Bertz CT molecular complexity index is 715. The van der Waals surface area contributed by atoms with Crippen molar-refractivity contribution in [3.8, 4) is 0 Å². The highest BCUT2D eigenvalue weighted by atomic mass is 32.1. The van der Waals surface area contributed by atoms with Crippen LogP contribution in [-0.4, -0.2) is 46.1 Å². The maximum absolute atomic E-state index is 13.5. The maximum Gasteiger partial charge on any atom is 0.391 e. The van der Waals surface area contributed by atoms with Gasteiger partial charge in [-0.05, 0) is 45.4 Å². The Labute approximate surface area is 170 Å². The first-order valence-electron chi connectivity index (χ1n) is 9.85. The Morgan fingerprint density at radius 2 is 1.66 bits per heavy atom. The predicted octanol–water partition coefficient (Wildman–Crippen LogP) is 4.98. The van der Waals surface area contributed by atoms with Gasteiger partial charge in [-0.1, -0.05) is 0 Å². The monoisotopic (exact) mass is 440 g/mol. The number of hydrogen-bond acceptors (Lipinski definition) is 4. The number of alkyl halides is 5. The first-order chi connectivity index (χ1) is 13.5. The Hall–Kier alpha value is -1.29. The number of hydrogen-bond donors (Lipinski definition) is 1. The number of aliphatic hydroxyl groups is 1. The van der Waals surface area contributed by atoms with E-state index in [2.05, 4.69) is 4.98 Å². The van der Waals surface area contributed by atoms with Crippen LogP contribution in [0.2, 0.25) is 0 Å². The molecule has 2 heterocycles. The van der Waals surface area contributed by atoms with E-state index in [0.717, 1.165) is 6.92 Å². The van der Waals surface area contributed by atoms with Crippen molar-refractivity contribution in [2.75, 3.05) is 13.1 Å². The van der Waals surface area contributed by atoms with Crippen molar-refractivity contribution >= 4 is 17.2 Å². The molecular formula is C19H25F5N2O2S. The van der Waals surface area contributed by atoms with Gasteiger partial charge in [-0.3, -0.25) is 4.79 Å². The summed E-state index contributed by atoms with van der Waals surface area (Å²) in [6.45, 7) is 0.541. The number of nitrogens with zero attached hydrogens (tertiary/aromatic N) is 2. The Balaban J connectivity index is 1.67. The van der Waals surface area contributed by atoms with Crippen molar-refractivity contribution < 1.29 is 31.9 Å². The van der Waals surface area contributed by atoms with Crippen molar-refractivity contribution in [1.82, 2.24) is 9.88 Å². The van der Waals surface area contributed by atoms with Gasteiger partial charge in [0.05, 0.1) is 22.4 Å². The Morgan fingerprint density at radius 3 is 2.14 bits per heavy atom. The number of thiazole rings is 1. The standard InChI is InChI=1S/C19H25F5N2O2S/c1-18(20,21)12-4-2-11(3-5-12)16-25-15(14(10-27)29-16)17(28)26-8-6-13(7-9-26)19(22,23)24/h11-13,27H,2-10H2,1H3. The van der Waals surface area contributed by atoms with Gasteiger partial charge >= 0.3 is 6.18 Å². The summed E-state index contributed by atoms with van der Waals surface area (Å²) in [6, 6.07) is 0. The average molecular weight is 440 g/mol. The molecule has 1 amide bonds. The van der Waals surface area contributed by atoms with Crippen LogP contribution < -0.4 is 0 Å². The summed E-state index contributed by atoms with van der Waals surface area (Å²) in [7, 11) is 0. The topological polar surface area (TPSA) is 53.4 Å². The molecule has 0 atom stereocenters. The lowest BCUT2D eigenvalue weighted by molar-refractivity contribution is -0.183. The summed E-state index contributed by atoms with van der Waals surface area (Å²) in [5, 5.41) is 10.3. The van der Waals surface area contributed by atoms with Crippen molar-refractivity contribution in [1.29, 1.82) is 0 Å². The van der Waals surface area contributed by atoms with Crippen LogP contribution in [0.4, 0.5) is 22.0 Å². The molecule has 2 aliphatic rings. The Morgan fingerprint density at radius 1 is 1.07 bits per heavy atom. The minimum absolute atomic E-state index is 0.00255. The van der Waals surface area contributed by atoms with E-state index in [1.807, 2.05) is 0 Å². The third-order valence-electron chi connectivity index (χ3n) is 6.10. The molecule has 1 saturated carbocycles. The Kier molecular flexibility index (Phi) is 6.53. The molecular weight excluding hydrogens is 415 g/mol. The fourth-order valence-electron chi connectivity index (χ4n) is 4.23. The molecule has 1 aliphatic heterocycles. The van der Waals surface area contributed by atoms with Crippen molar-refractivity contribution in [2.45, 2.75) is 70.1 Å². The maximum atomic E-state index is 13.5. The van der Waals surface area contributed by atoms with E-state index in [-0.39, 0.29) is 44.1 Å². The molecule has 2 fully saturated rings. The van der Waals surface area contributed by atoms with E-state index in [4.69, 9.17) is 0 Å². The van der Waals surface area contributed by atoms with Gasteiger partial charge in [0.25, 0.3) is 5.91 Å². The molecule has 4 nitrogen and oxygen atoms in total. The summed E-state index contributed by atoms with van der Waals surface area (Å²) in [4.78, 5) is 18.9. The molecule has 1 aromatic heterocycles. The summed E-state index contributed by atoms with van der Waals surface area (Å²) in [5.41, 5.74) is 0.0842. The van der Waals surface area contributed by atoms with Gasteiger partial charge in [0.2, 0.25) is 5.92 Å². The zero-order valence-electron chi connectivity index (χ0n) is 16.1. The largest absolute Gasteiger partial charge is 0.391 e. The van der Waals surface area contributed by atoms with Crippen LogP contribution in [0.15, 0.2) is 0 Å². The lowest BCUT2D eigenvalue weighted by atomic mass is 9.79. The molecule has 1 aromatic rings. The van der Waals surface area contributed by atoms with Gasteiger partial charge in [-0.2, -0.15) is 13.2 Å². The third kappa shape index (κ3) is 5.07. The molecule has 164 valence electrons. The molecule has 10 heteroatoms. The fourth-order valence-corrected chi connectivity index (χ4v) is 5.31. The zero-order valence-corrected chi connectivity index (χ0v) is 17.0. The second-order valence-corrected chi connectivity index (χ2v) is 9.21. The van der Waals surface area contributed by atoms with Gasteiger partial charge in [0.1, 0.15) is 5.69 Å². The summed E-state index contributed by atoms with van der Waals surface area (Å²) < 4.78 is 65.5. The van der Waals surface area contributed by atoms with Crippen molar-refractivity contribution in [2.24, 2.45) is 11.8 Å². The molecule has 0 radical (unpaired) electrons. The third-order valence-corrected chi connectivity index (χ3v) is 7.30. The SMILES string of the molecule is CC(F)(F)C1CCC(c2nc(C(=O)N3CCC(C(F)(F)F)CC3)c(CO)s2)CC1. The number of carbonyl (C=O) groups is 1. The van der Waals surface area contributed by atoms with Crippen LogP contribution >= 0.6 is 11.3 Å². The highest BCUT2D eigenvalue weighted by Gasteiger charge is 2.42. The first-order valence-corrected chi connectivity index (χ1v) is 10.7. The number of rotatable bonds is 4. The number of aliphatic hydroxyl groups excluding tert-OH is 1. The lowest BCUT2D eigenvalue weighted by Gasteiger charge is -2.32. The number of likely N-dealkylation sites (tertiary alicyclic amines) is 1. The molecule has 1 N–H and O–H groups in total. The summed E-state index contributed by atoms with van der Waals surface area (Å²) >= 11 is 1.20. The molecule has 3 rings (SSSR count). The molecule has 0 unspecified atom stereocenters. The van der Waals surface area contributed by atoms with E-state index in [1.165, 1.54) is 16.2 Å². The van der Waals surface area contributed by atoms with Gasteiger partial charge in [0, 0.05) is 24.9 Å². The molecule has 1 saturated heterocycles. The van der Waals surface area contributed by atoms with Gasteiger partial charge in [-0.15, -0.1) is 11.3 Å². The van der Waals surface area contributed by atoms with Crippen molar-refractivity contribution in [3.05, 3.63) is 15.6 Å². The second kappa shape index (κ2) is 8.45. The minimum Gasteiger partial charge on any atom is -0.391 e. The fraction of sp³-hybridized carbons (Fsp3) is 0.789. The highest BCUT2D eigenvalue weighted by Crippen LogP contribution is 2.43. The smallest absolute Gasteiger partial charge is 0.391 e. The number of amides is 1. The van der Waals surface area contributed by atoms with Crippen LogP contribution in [0, 0.1) is 11.8 Å². The second-order valence-electron chi connectivity index (χ2n) is 8.09. The average Bonchev–Trinajstić information content (AvgIpc) is 3.10. The molecule has 0 spiro atoms. The molecule has 0 aromatic carbocycles. The van der Waals surface area contributed by atoms with Crippen LogP contribution in [0.25, 0.3) is 0 Å². The van der Waals surface area contributed by atoms with Crippen LogP contribution in [0.1, 0.15) is 71.7 Å². The lowest BCUT2D eigenvalue weighted by Crippen LogP contribution is -2.42. The quantitative estimate of drug-likeness (QED) is 0.672. The molecule has 0 bridgehead atoms. The van der Waals surface area contributed by atoms with Gasteiger partial charge in [-0.25, -0.2) is 13.8 Å². The number of halogens is 5. The highest BCUT2D eigenvalue weighted by molar-refractivity contribution is 7.12. The molecule has 1 aliphatic carbocycles. The zero-order chi connectivity index (χ0) is 21.4. The van der Waals surface area contributed by atoms with E-state index >= 15 is 0 Å². The molecule has 29 heavy (non-hydrogen) atoms. The van der Waals surface area contributed by atoms with E-state index < -0.39 is 29.8 Å². The van der Waals surface area contributed by atoms with E-state index in [0.29, 0.717) is 35.6 Å². The van der Waals surface area contributed by atoms with Gasteiger partial charge in [0.15, 0.2) is 0 Å². The number of piperidine rings is 1. The van der Waals surface area contributed by atoms with Crippen LogP contribution in [0.5, 0.6) is 0 Å². The van der Waals surface area contributed by atoms with Crippen LogP contribution in [-0.2, 0) is 6.61 Å². The van der Waals surface area contributed by atoms with Gasteiger partial charge < -0.3 is 10.0 Å². The van der Waals surface area contributed by atoms with E-state index in [9.17, 15) is 31.9 Å².